The van der Waals surface area contributed by atoms with Gasteiger partial charge >= 0.3 is 0 Å². The van der Waals surface area contributed by atoms with Crippen molar-refractivity contribution in [1.82, 2.24) is 10.3 Å². The number of hydrogen-bond donors (Lipinski definition) is 2. The summed E-state index contributed by atoms with van der Waals surface area (Å²) in [5.41, 5.74) is 4.40. The van der Waals surface area contributed by atoms with Gasteiger partial charge in [-0.2, -0.15) is 0 Å². The van der Waals surface area contributed by atoms with Crippen molar-refractivity contribution in [2.45, 2.75) is 17.7 Å². The second-order valence-corrected chi connectivity index (χ2v) is 9.63. The van der Waals surface area contributed by atoms with Crippen molar-refractivity contribution < 1.29 is 9.53 Å². The van der Waals surface area contributed by atoms with Gasteiger partial charge in [0.2, 0.25) is 5.88 Å². The van der Waals surface area contributed by atoms with E-state index in [9.17, 15) is 4.79 Å². The molecule has 0 saturated heterocycles. The maximum absolute atomic E-state index is 12.8. The summed E-state index contributed by atoms with van der Waals surface area (Å²) in [7, 11) is 2.53. The molecule has 3 aromatic rings. The van der Waals surface area contributed by atoms with Gasteiger partial charge < -0.3 is 10.1 Å². The van der Waals surface area contributed by atoms with Crippen LogP contribution in [0.1, 0.15) is 22.3 Å². The van der Waals surface area contributed by atoms with E-state index in [1.54, 1.807) is 17.0 Å². The number of nitrogens with zero attached hydrogens (tertiary/aromatic N) is 2. The van der Waals surface area contributed by atoms with Gasteiger partial charge in [-0.25, -0.2) is 9.35 Å². The number of carbonyl (C=O) groups is 1. The summed E-state index contributed by atoms with van der Waals surface area (Å²) in [5.74, 6) is 0.122. The van der Waals surface area contributed by atoms with Gasteiger partial charge in [0.1, 0.15) is 5.56 Å². The molecular formula is C22H22N4O2S2. The Balaban J connectivity index is 1.46. The van der Waals surface area contributed by atoms with Crippen molar-refractivity contribution >= 4 is 32.3 Å². The Morgan fingerprint density at radius 1 is 1.17 bits per heavy atom. The SMILES string of the molecule is COc1ncc(-c2ccc3c(c2)SS(N)=N3)cc1C(=O)NCCCc1ccccc1. The molecule has 8 heteroatoms. The monoisotopic (exact) mass is 438 g/mol. The number of pyridine rings is 1. The fraction of sp³-hybridized carbons (Fsp3) is 0.182. The highest BCUT2D eigenvalue weighted by molar-refractivity contribution is 8.69. The number of aryl methyl sites for hydroxylation is 1. The van der Waals surface area contributed by atoms with Crippen LogP contribution in [0.3, 0.4) is 0 Å². The van der Waals surface area contributed by atoms with Gasteiger partial charge in [-0.3, -0.25) is 9.93 Å². The van der Waals surface area contributed by atoms with Crippen LogP contribution in [0.4, 0.5) is 5.69 Å². The molecule has 6 nitrogen and oxygen atoms in total. The van der Waals surface area contributed by atoms with E-state index in [2.05, 4.69) is 26.8 Å². The molecule has 1 amide bonds. The lowest BCUT2D eigenvalue weighted by Crippen LogP contribution is -2.25. The Hall–Kier alpha value is -2.68. The van der Waals surface area contributed by atoms with Gasteiger partial charge in [0.25, 0.3) is 5.91 Å². The van der Waals surface area contributed by atoms with E-state index in [4.69, 9.17) is 9.88 Å². The van der Waals surface area contributed by atoms with Crippen molar-refractivity contribution in [3.63, 3.8) is 0 Å². The number of nitrogens with two attached hydrogens (primary N) is 1. The van der Waals surface area contributed by atoms with Crippen LogP contribution in [0.15, 0.2) is 70.1 Å². The summed E-state index contributed by atoms with van der Waals surface area (Å²) in [6.07, 6.45) is 3.49. The molecule has 1 atom stereocenters. The quantitative estimate of drug-likeness (QED) is 0.420. The number of hydrogen-bond acceptors (Lipinski definition) is 6. The molecule has 1 aliphatic heterocycles. The Labute approximate surface area is 181 Å². The molecule has 2 aromatic carbocycles. The minimum atomic E-state index is -0.528. The lowest BCUT2D eigenvalue weighted by molar-refractivity contribution is 0.0949. The van der Waals surface area contributed by atoms with E-state index in [1.165, 1.54) is 12.7 Å². The van der Waals surface area contributed by atoms with Gasteiger partial charge in [-0.15, -0.1) is 0 Å². The first-order chi connectivity index (χ1) is 14.6. The first kappa shape index (κ1) is 20.6. The second-order valence-electron chi connectivity index (χ2n) is 6.76. The maximum atomic E-state index is 12.8. The Morgan fingerprint density at radius 2 is 2.00 bits per heavy atom. The third-order valence-electron chi connectivity index (χ3n) is 4.72. The first-order valence-electron chi connectivity index (χ1n) is 9.53. The van der Waals surface area contributed by atoms with E-state index in [1.807, 2.05) is 42.5 Å². The highest BCUT2D eigenvalue weighted by atomic mass is 33.1. The number of fused-ring (bicyclic) bond motifs is 1. The summed E-state index contributed by atoms with van der Waals surface area (Å²) in [6.45, 7) is 0.580. The molecule has 1 unspecified atom stereocenters. The topological polar surface area (TPSA) is 89.6 Å². The van der Waals surface area contributed by atoms with Gasteiger partial charge in [-0.05, 0) is 53.0 Å². The molecule has 3 N–H and O–H groups in total. The third kappa shape index (κ3) is 4.72. The van der Waals surface area contributed by atoms with Gasteiger partial charge in [0.05, 0.1) is 12.8 Å². The average Bonchev–Trinajstić information content (AvgIpc) is 3.16. The number of carbonyl (C=O) groups excluding carboxylic acids is 1. The molecule has 0 bridgehead atoms. The van der Waals surface area contributed by atoms with Gasteiger partial charge in [-0.1, -0.05) is 36.4 Å². The van der Waals surface area contributed by atoms with Crippen molar-refractivity contribution in [1.29, 1.82) is 0 Å². The zero-order chi connectivity index (χ0) is 20.9. The molecule has 0 saturated carbocycles. The van der Waals surface area contributed by atoms with Crippen LogP contribution in [0.2, 0.25) is 0 Å². The van der Waals surface area contributed by atoms with Crippen molar-refractivity contribution in [3.05, 3.63) is 71.9 Å². The summed E-state index contributed by atoms with van der Waals surface area (Å²) in [4.78, 5) is 18.2. The van der Waals surface area contributed by atoms with E-state index in [0.717, 1.165) is 34.6 Å². The van der Waals surface area contributed by atoms with Crippen LogP contribution >= 0.6 is 10.8 Å². The number of nitrogens with one attached hydrogen (secondary N) is 1. The molecule has 0 fully saturated rings. The summed E-state index contributed by atoms with van der Waals surface area (Å²) in [5, 5.41) is 8.89. The van der Waals surface area contributed by atoms with E-state index < -0.39 is 9.91 Å². The van der Waals surface area contributed by atoms with E-state index in [-0.39, 0.29) is 5.91 Å². The summed E-state index contributed by atoms with van der Waals surface area (Å²) in [6, 6.07) is 18.0. The minimum absolute atomic E-state index is 0.191. The van der Waals surface area contributed by atoms with E-state index >= 15 is 0 Å². The summed E-state index contributed by atoms with van der Waals surface area (Å²) >= 11 is 0. The number of benzene rings is 2. The molecule has 2 heterocycles. The molecule has 0 spiro atoms. The standard InChI is InChI=1S/C22H22N4O2S2/c1-28-22-18(21(27)24-11-5-8-15-6-3-2-4-7-15)12-17(14-25-22)16-9-10-19-20(13-16)29-30(23)26-19/h2-4,6-7,9-10,12-14H,5,8,11H2,1H3,(H2,23,26)(H,24,27). The van der Waals surface area contributed by atoms with Crippen LogP contribution in [-0.2, 0) is 16.3 Å². The van der Waals surface area contributed by atoms with Crippen molar-refractivity contribution in [2.75, 3.05) is 13.7 Å². The van der Waals surface area contributed by atoms with Gasteiger partial charge in [0.15, 0.2) is 0 Å². The number of ether oxygens (including phenoxy) is 1. The number of rotatable bonds is 7. The molecule has 1 aliphatic rings. The minimum Gasteiger partial charge on any atom is -0.480 e. The lowest BCUT2D eigenvalue weighted by atomic mass is 10.0. The van der Waals surface area contributed by atoms with Crippen LogP contribution in [0, 0.1) is 0 Å². The fourth-order valence-electron chi connectivity index (χ4n) is 3.21. The first-order valence-corrected chi connectivity index (χ1v) is 12.1. The molecular weight excluding hydrogens is 416 g/mol. The predicted octanol–water partition coefficient (Wildman–Crippen LogP) is 4.45. The lowest BCUT2D eigenvalue weighted by Gasteiger charge is -2.11. The Kier molecular flexibility index (Phi) is 6.47. The zero-order valence-corrected chi connectivity index (χ0v) is 18.1. The Morgan fingerprint density at radius 3 is 2.80 bits per heavy atom. The highest BCUT2D eigenvalue weighted by Crippen LogP contribution is 2.41. The normalized spacial score (nSPS) is 14.7. The molecule has 30 heavy (non-hydrogen) atoms. The second kappa shape index (κ2) is 9.42. The van der Waals surface area contributed by atoms with Crippen molar-refractivity contribution in [3.8, 4) is 17.0 Å². The van der Waals surface area contributed by atoms with Crippen LogP contribution in [0.25, 0.3) is 11.1 Å². The molecule has 0 radical (unpaired) electrons. The predicted molar refractivity (Wildman–Crippen MR) is 123 cm³/mol. The Bertz CT molecular complexity index is 1100. The zero-order valence-electron chi connectivity index (χ0n) is 16.5. The summed E-state index contributed by atoms with van der Waals surface area (Å²) < 4.78 is 9.71. The van der Waals surface area contributed by atoms with Crippen LogP contribution in [0.5, 0.6) is 5.88 Å². The maximum Gasteiger partial charge on any atom is 0.256 e. The molecule has 154 valence electrons. The highest BCUT2D eigenvalue weighted by Gasteiger charge is 2.17. The molecule has 1 aromatic heterocycles. The average molecular weight is 439 g/mol. The third-order valence-corrected chi connectivity index (χ3v) is 7.04. The largest absolute Gasteiger partial charge is 0.480 e. The van der Waals surface area contributed by atoms with Gasteiger partial charge in [0, 0.05) is 33.1 Å². The fourth-order valence-corrected chi connectivity index (χ4v) is 5.52. The smallest absolute Gasteiger partial charge is 0.256 e. The molecule has 4 rings (SSSR count). The number of aromatic nitrogens is 1. The van der Waals surface area contributed by atoms with E-state index in [0.29, 0.717) is 18.0 Å². The number of amides is 1. The number of methoxy groups -OCH3 is 1. The van der Waals surface area contributed by atoms with Crippen LogP contribution in [-0.4, -0.2) is 24.5 Å². The van der Waals surface area contributed by atoms with Crippen LogP contribution < -0.4 is 15.2 Å². The molecule has 0 aliphatic carbocycles. The van der Waals surface area contributed by atoms with Crippen molar-refractivity contribution in [2.24, 2.45) is 9.50 Å².